The number of hydrogen-bond donors (Lipinski definition) is 1. The fourth-order valence-electron chi connectivity index (χ4n) is 2.81. The first-order chi connectivity index (χ1) is 10.7. The normalized spacial score (nSPS) is 20.1. The summed E-state index contributed by atoms with van der Waals surface area (Å²) in [5.74, 6) is 1.84. The first-order valence-corrected chi connectivity index (χ1v) is 7.86. The zero-order valence-corrected chi connectivity index (χ0v) is 13.6. The van der Waals surface area contributed by atoms with E-state index in [1.165, 1.54) is 0 Å². The fraction of sp³-hybridized carbons (Fsp3) is 0.333. The lowest BCUT2D eigenvalue weighted by atomic mass is 9.93. The number of para-hydroxylation sites is 1. The van der Waals surface area contributed by atoms with Crippen molar-refractivity contribution in [3.8, 4) is 11.5 Å². The van der Waals surface area contributed by atoms with E-state index in [0.717, 1.165) is 29.2 Å². The molecule has 0 saturated carbocycles. The molecule has 22 heavy (non-hydrogen) atoms. The van der Waals surface area contributed by atoms with Crippen LogP contribution in [0, 0.1) is 12.8 Å². The number of ether oxygens (including phenoxy) is 2. The topological polar surface area (TPSA) is 30.5 Å². The van der Waals surface area contributed by atoms with E-state index < -0.39 is 0 Å². The van der Waals surface area contributed by atoms with Gasteiger partial charge < -0.3 is 14.8 Å². The quantitative estimate of drug-likeness (QED) is 0.924. The van der Waals surface area contributed by atoms with Gasteiger partial charge in [0.2, 0.25) is 0 Å². The summed E-state index contributed by atoms with van der Waals surface area (Å²) in [5, 5.41) is 3.86. The van der Waals surface area contributed by atoms with Crippen LogP contribution in [0.25, 0.3) is 0 Å². The minimum atomic E-state index is -0.0717. The van der Waals surface area contributed by atoms with Crippen molar-refractivity contribution >= 4 is 11.6 Å². The Hall–Kier alpha value is -1.71. The third kappa shape index (κ3) is 3.06. The average molecular weight is 318 g/mol. The molecule has 4 heteroatoms. The molecule has 0 aliphatic carbocycles. The molecule has 116 valence electrons. The van der Waals surface area contributed by atoms with Gasteiger partial charge in [-0.15, -0.1) is 0 Å². The molecule has 0 spiro atoms. The molecular formula is C18H20ClNO2. The molecule has 2 aromatic carbocycles. The summed E-state index contributed by atoms with van der Waals surface area (Å²) < 4.78 is 12.1. The van der Waals surface area contributed by atoms with Crippen LogP contribution in [-0.2, 0) is 0 Å². The number of rotatable bonds is 4. The maximum absolute atomic E-state index is 6.33. The van der Waals surface area contributed by atoms with Gasteiger partial charge in [-0.3, -0.25) is 0 Å². The van der Waals surface area contributed by atoms with E-state index in [0.29, 0.717) is 11.6 Å². The van der Waals surface area contributed by atoms with E-state index in [1.54, 1.807) is 0 Å². The van der Waals surface area contributed by atoms with Crippen molar-refractivity contribution in [2.24, 2.45) is 5.92 Å². The summed E-state index contributed by atoms with van der Waals surface area (Å²) in [4.78, 5) is 0. The van der Waals surface area contributed by atoms with E-state index in [-0.39, 0.29) is 12.0 Å². The van der Waals surface area contributed by atoms with Gasteiger partial charge in [0, 0.05) is 18.0 Å². The highest BCUT2D eigenvalue weighted by Crippen LogP contribution is 2.40. The van der Waals surface area contributed by atoms with E-state index in [1.807, 2.05) is 50.4 Å². The van der Waals surface area contributed by atoms with E-state index in [2.05, 4.69) is 11.4 Å². The SMILES string of the molecule is CNC[C@H]1COc2ccccc2[C@H]1Oc1ccc(C)cc1Cl. The minimum Gasteiger partial charge on any atom is -0.493 e. The largest absolute Gasteiger partial charge is 0.493 e. The molecule has 1 N–H and O–H groups in total. The van der Waals surface area contributed by atoms with Crippen LogP contribution in [0.2, 0.25) is 5.02 Å². The second kappa shape index (κ2) is 6.59. The molecule has 1 heterocycles. The lowest BCUT2D eigenvalue weighted by molar-refractivity contribution is 0.0705. The highest BCUT2D eigenvalue weighted by molar-refractivity contribution is 6.32. The Morgan fingerprint density at radius 2 is 2.09 bits per heavy atom. The van der Waals surface area contributed by atoms with Crippen LogP contribution in [0.5, 0.6) is 11.5 Å². The van der Waals surface area contributed by atoms with Gasteiger partial charge in [0.1, 0.15) is 17.6 Å². The molecule has 0 aromatic heterocycles. The van der Waals surface area contributed by atoms with Crippen molar-refractivity contribution in [2.75, 3.05) is 20.2 Å². The Labute approximate surface area is 136 Å². The van der Waals surface area contributed by atoms with Crippen LogP contribution in [0.15, 0.2) is 42.5 Å². The highest BCUT2D eigenvalue weighted by atomic mass is 35.5. The predicted molar refractivity (Wildman–Crippen MR) is 88.9 cm³/mol. The molecule has 0 saturated heterocycles. The number of benzene rings is 2. The van der Waals surface area contributed by atoms with Crippen molar-refractivity contribution < 1.29 is 9.47 Å². The Kier molecular flexibility index (Phi) is 4.55. The monoisotopic (exact) mass is 317 g/mol. The van der Waals surface area contributed by atoms with Gasteiger partial charge in [0.05, 0.1) is 11.6 Å². The first kappa shape index (κ1) is 15.2. The summed E-state index contributed by atoms with van der Waals surface area (Å²) in [6.07, 6.45) is -0.0717. The third-order valence-corrected chi connectivity index (χ3v) is 4.21. The molecule has 3 nitrogen and oxygen atoms in total. The van der Waals surface area contributed by atoms with Gasteiger partial charge in [0.15, 0.2) is 0 Å². The smallest absolute Gasteiger partial charge is 0.138 e. The van der Waals surface area contributed by atoms with Gasteiger partial charge in [-0.1, -0.05) is 35.9 Å². The maximum atomic E-state index is 6.33. The van der Waals surface area contributed by atoms with E-state index in [9.17, 15) is 0 Å². The van der Waals surface area contributed by atoms with Crippen LogP contribution in [0.3, 0.4) is 0 Å². The van der Waals surface area contributed by atoms with E-state index in [4.69, 9.17) is 21.1 Å². The first-order valence-electron chi connectivity index (χ1n) is 7.48. The van der Waals surface area contributed by atoms with Crippen LogP contribution in [-0.4, -0.2) is 20.2 Å². The number of hydrogen-bond acceptors (Lipinski definition) is 3. The van der Waals surface area contributed by atoms with Crippen molar-refractivity contribution in [1.82, 2.24) is 5.32 Å². The number of nitrogens with one attached hydrogen (secondary N) is 1. The maximum Gasteiger partial charge on any atom is 0.138 e. The minimum absolute atomic E-state index is 0.0717. The van der Waals surface area contributed by atoms with Gasteiger partial charge in [-0.2, -0.15) is 0 Å². The average Bonchev–Trinajstić information content (AvgIpc) is 2.52. The summed E-state index contributed by atoms with van der Waals surface area (Å²) >= 11 is 6.33. The molecular weight excluding hydrogens is 298 g/mol. The molecule has 3 rings (SSSR count). The van der Waals surface area contributed by atoms with Gasteiger partial charge >= 0.3 is 0 Å². The zero-order chi connectivity index (χ0) is 15.5. The molecule has 1 aliphatic heterocycles. The van der Waals surface area contributed by atoms with Crippen LogP contribution >= 0.6 is 11.6 Å². The number of halogens is 1. The van der Waals surface area contributed by atoms with Crippen molar-refractivity contribution in [1.29, 1.82) is 0 Å². The van der Waals surface area contributed by atoms with Gasteiger partial charge in [-0.05, 0) is 37.7 Å². The molecule has 0 amide bonds. The molecule has 0 fully saturated rings. The van der Waals surface area contributed by atoms with Gasteiger partial charge in [0.25, 0.3) is 0 Å². The summed E-state index contributed by atoms with van der Waals surface area (Å²) in [5.41, 5.74) is 2.20. The van der Waals surface area contributed by atoms with Crippen molar-refractivity contribution in [3.05, 3.63) is 58.6 Å². The Bertz CT molecular complexity index is 659. The summed E-state index contributed by atoms with van der Waals surface area (Å²) in [6.45, 7) is 3.47. The molecule has 0 bridgehead atoms. The predicted octanol–water partition coefficient (Wildman–Crippen LogP) is 4.00. The number of aryl methyl sites for hydroxylation is 1. The zero-order valence-electron chi connectivity index (χ0n) is 12.8. The van der Waals surface area contributed by atoms with Crippen molar-refractivity contribution in [2.45, 2.75) is 13.0 Å². The lowest BCUT2D eigenvalue weighted by Crippen LogP contribution is -2.35. The second-order valence-corrected chi connectivity index (χ2v) is 6.05. The molecule has 0 radical (unpaired) electrons. The standard InChI is InChI=1S/C18H20ClNO2/c1-12-7-8-17(15(19)9-12)22-18-13(10-20-2)11-21-16-6-4-3-5-14(16)18/h3-9,13,18,20H,10-11H2,1-2H3/t13-,18-/m0/s1. The van der Waals surface area contributed by atoms with Crippen LogP contribution < -0.4 is 14.8 Å². The van der Waals surface area contributed by atoms with E-state index >= 15 is 0 Å². The fourth-order valence-corrected chi connectivity index (χ4v) is 3.09. The molecule has 0 unspecified atom stereocenters. The number of fused-ring (bicyclic) bond motifs is 1. The Morgan fingerprint density at radius 3 is 2.86 bits per heavy atom. The highest BCUT2D eigenvalue weighted by Gasteiger charge is 2.32. The lowest BCUT2D eigenvalue weighted by Gasteiger charge is -2.34. The van der Waals surface area contributed by atoms with Gasteiger partial charge in [-0.25, -0.2) is 0 Å². The molecule has 2 aromatic rings. The Morgan fingerprint density at radius 1 is 1.27 bits per heavy atom. The molecule has 2 atom stereocenters. The summed E-state index contributed by atoms with van der Waals surface area (Å²) in [7, 11) is 1.94. The molecule has 1 aliphatic rings. The third-order valence-electron chi connectivity index (χ3n) is 3.91. The van der Waals surface area contributed by atoms with Crippen LogP contribution in [0.1, 0.15) is 17.2 Å². The summed E-state index contributed by atoms with van der Waals surface area (Å²) in [6, 6.07) is 13.9. The van der Waals surface area contributed by atoms with Crippen LogP contribution in [0.4, 0.5) is 0 Å². The second-order valence-electron chi connectivity index (χ2n) is 5.64. The van der Waals surface area contributed by atoms with Crippen molar-refractivity contribution in [3.63, 3.8) is 0 Å². The Balaban J connectivity index is 1.93.